The van der Waals surface area contributed by atoms with Gasteiger partial charge in [-0.25, -0.2) is 24.1 Å². The number of fused-ring (bicyclic) bond motifs is 1. The highest BCUT2D eigenvalue weighted by molar-refractivity contribution is 6.05. The van der Waals surface area contributed by atoms with Gasteiger partial charge in [-0.1, -0.05) is 24.3 Å². The Morgan fingerprint density at radius 2 is 1.93 bits per heavy atom. The van der Waals surface area contributed by atoms with E-state index in [1.165, 1.54) is 4.90 Å². The predicted molar refractivity (Wildman–Crippen MR) is 152 cm³/mol. The number of aryl methyl sites for hydroxylation is 1. The van der Waals surface area contributed by atoms with Crippen LogP contribution in [-0.4, -0.2) is 62.3 Å². The Balaban J connectivity index is 1.28. The summed E-state index contributed by atoms with van der Waals surface area (Å²) in [7, 11) is 0. The minimum Gasteiger partial charge on any atom is -0.465 e. The Kier molecular flexibility index (Phi) is 7.08. The molecule has 3 atom stereocenters. The average molecular weight is 557 g/mol. The maximum atomic E-state index is 13.4. The lowest BCUT2D eigenvalue weighted by atomic mass is 10.0. The first-order chi connectivity index (χ1) is 19.9. The molecule has 0 spiro atoms. The van der Waals surface area contributed by atoms with Crippen molar-refractivity contribution < 1.29 is 23.8 Å². The molecule has 0 unspecified atom stereocenters. The second kappa shape index (κ2) is 11.0. The van der Waals surface area contributed by atoms with E-state index in [2.05, 4.69) is 25.6 Å². The second-order valence-corrected chi connectivity index (χ2v) is 10.4. The number of likely N-dealkylation sites (tertiary alicyclic amines) is 1. The van der Waals surface area contributed by atoms with Crippen LogP contribution in [0.2, 0.25) is 0 Å². The molecule has 2 fully saturated rings. The number of carbonyl (C=O) groups excluding carboxylic acids is 1. The number of piperidine rings is 1. The van der Waals surface area contributed by atoms with Crippen molar-refractivity contribution in [2.75, 3.05) is 23.7 Å². The summed E-state index contributed by atoms with van der Waals surface area (Å²) in [5, 5.41) is 17.0. The molecular weight excluding hydrogens is 527 g/mol. The number of ether oxygens (including phenoxy) is 1. The van der Waals surface area contributed by atoms with E-state index in [1.807, 2.05) is 37.3 Å². The van der Waals surface area contributed by atoms with Gasteiger partial charge in [0, 0.05) is 48.0 Å². The molecule has 2 amide bonds. The molecule has 0 radical (unpaired) electrons. The van der Waals surface area contributed by atoms with Gasteiger partial charge in [-0.2, -0.15) is 0 Å². The smallest absolute Gasteiger partial charge is 0.407 e. The number of anilines is 2. The van der Waals surface area contributed by atoms with Gasteiger partial charge in [-0.3, -0.25) is 4.79 Å². The van der Waals surface area contributed by atoms with E-state index in [1.54, 1.807) is 30.6 Å². The molecule has 11 heteroatoms. The fourth-order valence-electron chi connectivity index (χ4n) is 5.14. The van der Waals surface area contributed by atoms with Crippen molar-refractivity contribution in [3.63, 3.8) is 0 Å². The number of halogens is 1. The van der Waals surface area contributed by atoms with Gasteiger partial charge < -0.3 is 25.4 Å². The lowest BCUT2D eigenvalue weighted by Gasteiger charge is -2.31. The average Bonchev–Trinajstić information content (AvgIpc) is 3.72. The molecule has 1 aliphatic heterocycles. The first-order valence-electron chi connectivity index (χ1n) is 13.6. The van der Waals surface area contributed by atoms with Gasteiger partial charge in [0.25, 0.3) is 0 Å². The van der Waals surface area contributed by atoms with Crippen LogP contribution in [0.5, 0.6) is 11.6 Å². The molecule has 41 heavy (non-hydrogen) atoms. The van der Waals surface area contributed by atoms with Crippen LogP contribution in [0, 0.1) is 12.8 Å². The monoisotopic (exact) mass is 556 g/mol. The third-order valence-corrected chi connectivity index (χ3v) is 7.44. The number of benzene rings is 2. The van der Waals surface area contributed by atoms with Crippen LogP contribution in [0.4, 0.5) is 20.8 Å². The van der Waals surface area contributed by atoms with Gasteiger partial charge in [0.05, 0.1) is 17.2 Å². The van der Waals surface area contributed by atoms with E-state index in [9.17, 15) is 19.1 Å². The number of hydrogen-bond acceptors (Lipinski definition) is 7. The molecule has 3 heterocycles. The Labute approximate surface area is 235 Å². The quantitative estimate of drug-likeness (QED) is 0.267. The summed E-state index contributed by atoms with van der Waals surface area (Å²) in [5.41, 5.74) is 2.70. The van der Waals surface area contributed by atoms with Crippen LogP contribution >= 0.6 is 0 Å². The summed E-state index contributed by atoms with van der Waals surface area (Å²) < 4.78 is 19.9. The number of carbonyl (C=O) groups is 2. The first kappa shape index (κ1) is 26.4. The molecule has 1 aliphatic carbocycles. The normalized spacial score (nSPS) is 20.0. The molecule has 3 N–H and O–H groups in total. The molecule has 0 bridgehead atoms. The van der Waals surface area contributed by atoms with Crippen LogP contribution in [-0.2, 0) is 4.79 Å². The first-order valence-corrected chi connectivity index (χ1v) is 13.6. The number of rotatable bonds is 7. The van der Waals surface area contributed by atoms with Gasteiger partial charge in [-0.15, -0.1) is 0 Å². The Hall–Kier alpha value is -4.80. The van der Waals surface area contributed by atoms with Crippen molar-refractivity contribution in [3.05, 3.63) is 66.5 Å². The second-order valence-electron chi connectivity index (χ2n) is 10.4. The zero-order chi connectivity index (χ0) is 28.5. The van der Waals surface area contributed by atoms with Gasteiger partial charge in [0.1, 0.15) is 11.9 Å². The lowest BCUT2D eigenvalue weighted by molar-refractivity contribution is -0.117. The maximum Gasteiger partial charge on any atom is 0.407 e. The zero-order valence-electron chi connectivity index (χ0n) is 22.4. The van der Waals surface area contributed by atoms with E-state index >= 15 is 0 Å². The van der Waals surface area contributed by atoms with Crippen LogP contribution in [0.15, 0.2) is 60.9 Å². The molecule has 1 saturated heterocycles. The minimum atomic E-state index is -1.08. The number of nitrogens with one attached hydrogen (secondary N) is 2. The van der Waals surface area contributed by atoms with Crippen molar-refractivity contribution in [1.82, 2.24) is 19.9 Å². The molecule has 210 valence electrons. The molecule has 2 aromatic heterocycles. The number of carboxylic acid groups (broad SMARTS) is 1. The van der Waals surface area contributed by atoms with Crippen LogP contribution in [0.1, 0.15) is 24.8 Å². The Bertz CT molecular complexity index is 1630. The van der Waals surface area contributed by atoms with E-state index in [0.29, 0.717) is 47.6 Å². The molecule has 4 aromatic rings. The third kappa shape index (κ3) is 5.60. The number of amides is 2. The largest absolute Gasteiger partial charge is 0.465 e. The summed E-state index contributed by atoms with van der Waals surface area (Å²) >= 11 is 0. The van der Waals surface area contributed by atoms with Gasteiger partial charge in [-0.05, 0) is 56.0 Å². The van der Waals surface area contributed by atoms with Crippen LogP contribution < -0.4 is 15.4 Å². The molecule has 10 nitrogen and oxygen atoms in total. The summed E-state index contributed by atoms with van der Waals surface area (Å²) in [6, 6.07) is 14.7. The van der Waals surface area contributed by atoms with Crippen molar-refractivity contribution in [1.29, 1.82) is 0 Å². The van der Waals surface area contributed by atoms with Gasteiger partial charge in [0.2, 0.25) is 17.7 Å². The SMILES string of the molecule is Cc1ccc2c(NC(=O)[C@@H]3C[C@@H]3F)cccc2c1Oc1ncccc1-c1ccnc(N[C@H]2CCCN(C(=O)O)C2)n1. The summed E-state index contributed by atoms with van der Waals surface area (Å²) in [6.07, 6.45) is 3.10. The highest BCUT2D eigenvalue weighted by atomic mass is 19.1. The van der Waals surface area contributed by atoms with Crippen LogP contribution in [0.25, 0.3) is 22.0 Å². The van der Waals surface area contributed by atoms with Gasteiger partial charge >= 0.3 is 6.09 Å². The summed E-state index contributed by atoms with van der Waals surface area (Å²) in [5.74, 6) is 0.399. The fraction of sp³-hybridized carbons (Fsp3) is 0.300. The number of nitrogens with zero attached hydrogens (tertiary/aromatic N) is 4. The van der Waals surface area contributed by atoms with Crippen molar-refractivity contribution in [3.8, 4) is 22.9 Å². The lowest BCUT2D eigenvalue weighted by Crippen LogP contribution is -2.44. The standard InChI is InChI=1S/C30H29FN6O4/c1-17-9-10-19-20(6-2-8-24(19)35-27(38)22-15-23(22)31)26(17)41-28-21(7-3-12-32-28)25-11-13-33-29(36-25)34-18-5-4-14-37(16-18)30(39)40/h2-3,6-13,18,22-23H,4-5,14-16H2,1H3,(H,35,38)(H,39,40)(H,33,34,36)/t18-,22+,23-/m0/s1. The van der Waals surface area contributed by atoms with Crippen molar-refractivity contribution >= 4 is 34.4 Å². The van der Waals surface area contributed by atoms with Crippen molar-refractivity contribution in [2.45, 2.75) is 38.4 Å². The zero-order valence-corrected chi connectivity index (χ0v) is 22.4. The minimum absolute atomic E-state index is 0.0940. The summed E-state index contributed by atoms with van der Waals surface area (Å²) in [4.78, 5) is 38.8. The molecular formula is C30H29FN6O4. The molecule has 2 aromatic carbocycles. The number of aromatic nitrogens is 3. The number of hydrogen-bond donors (Lipinski definition) is 3. The van der Waals surface area contributed by atoms with Crippen LogP contribution in [0.3, 0.4) is 0 Å². The Morgan fingerprint density at radius 3 is 2.73 bits per heavy atom. The Morgan fingerprint density at radius 1 is 1.07 bits per heavy atom. The van der Waals surface area contributed by atoms with E-state index in [-0.39, 0.29) is 18.4 Å². The highest BCUT2D eigenvalue weighted by Crippen LogP contribution is 2.40. The van der Waals surface area contributed by atoms with Gasteiger partial charge in [0.15, 0.2) is 0 Å². The molecule has 2 aliphatic rings. The summed E-state index contributed by atoms with van der Waals surface area (Å²) in [6.45, 7) is 2.81. The number of pyridine rings is 1. The topological polar surface area (TPSA) is 130 Å². The van der Waals surface area contributed by atoms with E-state index in [4.69, 9.17) is 4.74 Å². The molecule has 1 saturated carbocycles. The van der Waals surface area contributed by atoms with E-state index < -0.39 is 18.2 Å². The highest BCUT2D eigenvalue weighted by Gasteiger charge is 2.43. The fourth-order valence-corrected chi connectivity index (χ4v) is 5.14. The third-order valence-electron chi connectivity index (χ3n) is 7.44. The predicted octanol–water partition coefficient (Wildman–Crippen LogP) is 5.64. The molecule has 6 rings (SSSR count). The maximum absolute atomic E-state index is 13.4. The van der Waals surface area contributed by atoms with Crippen molar-refractivity contribution in [2.24, 2.45) is 5.92 Å². The van der Waals surface area contributed by atoms with E-state index in [0.717, 1.165) is 29.2 Å². The number of alkyl halides is 1.